The van der Waals surface area contributed by atoms with Crippen LogP contribution in [-0.4, -0.2) is 26.6 Å². The van der Waals surface area contributed by atoms with Gasteiger partial charge in [0.15, 0.2) is 0 Å². The molecule has 0 spiro atoms. The molecule has 18 heavy (non-hydrogen) atoms. The predicted molar refractivity (Wildman–Crippen MR) is 65.4 cm³/mol. The first-order valence-corrected chi connectivity index (χ1v) is 5.52. The van der Waals surface area contributed by atoms with E-state index in [1.807, 2.05) is 0 Å². The zero-order valence-electron chi connectivity index (χ0n) is 10.3. The van der Waals surface area contributed by atoms with E-state index in [0.717, 1.165) is 0 Å². The van der Waals surface area contributed by atoms with Gasteiger partial charge in [-0.1, -0.05) is 12.1 Å². The van der Waals surface area contributed by atoms with Gasteiger partial charge < -0.3 is 9.84 Å². The molecule has 0 aliphatic carbocycles. The fourth-order valence-electron chi connectivity index (χ4n) is 1.66. The third kappa shape index (κ3) is 2.43. The first kappa shape index (κ1) is 12.4. The average Bonchev–Trinajstić information content (AvgIpc) is 2.71. The molecule has 1 aromatic carbocycles. The summed E-state index contributed by atoms with van der Waals surface area (Å²) in [6.07, 6.45) is 0.619. The number of rotatable bonds is 4. The van der Waals surface area contributed by atoms with E-state index in [2.05, 4.69) is 5.10 Å². The predicted octanol–water partition coefficient (Wildman–Crippen LogP) is 0.324. The molecule has 0 amide bonds. The number of aliphatic hydroxyl groups is 1. The van der Waals surface area contributed by atoms with Crippen LogP contribution in [0.3, 0.4) is 0 Å². The number of hydrogen-bond acceptors (Lipinski definition) is 4. The molecule has 0 radical (unpaired) electrons. The standard InChI is InChI=1S/C12H15N3O3/c1-14-8-13-15(12(14)17)7-11(16)9-4-3-5-10(6-9)18-2/h3-6,8,11,16H,7H2,1-2H3. The highest BCUT2D eigenvalue weighted by Crippen LogP contribution is 2.19. The molecule has 0 bridgehead atoms. The van der Waals surface area contributed by atoms with Crippen LogP contribution in [0.1, 0.15) is 11.7 Å². The van der Waals surface area contributed by atoms with E-state index in [0.29, 0.717) is 11.3 Å². The minimum atomic E-state index is -0.798. The number of methoxy groups -OCH3 is 1. The molecular weight excluding hydrogens is 234 g/mol. The maximum atomic E-state index is 11.6. The van der Waals surface area contributed by atoms with E-state index in [-0.39, 0.29) is 12.2 Å². The first-order chi connectivity index (χ1) is 8.61. The van der Waals surface area contributed by atoms with Gasteiger partial charge in [-0.05, 0) is 17.7 Å². The van der Waals surface area contributed by atoms with Crippen LogP contribution >= 0.6 is 0 Å². The van der Waals surface area contributed by atoms with E-state index in [9.17, 15) is 9.90 Å². The molecule has 1 aromatic heterocycles. The number of aliphatic hydroxyl groups excluding tert-OH is 1. The smallest absolute Gasteiger partial charge is 0.345 e. The van der Waals surface area contributed by atoms with E-state index < -0.39 is 6.10 Å². The summed E-state index contributed by atoms with van der Waals surface area (Å²) in [6, 6.07) is 7.10. The van der Waals surface area contributed by atoms with Gasteiger partial charge in [0.2, 0.25) is 0 Å². The lowest BCUT2D eigenvalue weighted by Crippen LogP contribution is -2.25. The van der Waals surface area contributed by atoms with Crippen molar-refractivity contribution >= 4 is 0 Å². The largest absolute Gasteiger partial charge is 0.497 e. The quantitative estimate of drug-likeness (QED) is 0.847. The Morgan fingerprint density at radius 1 is 1.50 bits per heavy atom. The monoisotopic (exact) mass is 249 g/mol. The highest BCUT2D eigenvalue weighted by Gasteiger charge is 2.12. The normalized spacial score (nSPS) is 12.4. The molecule has 2 aromatic rings. The van der Waals surface area contributed by atoms with E-state index in [1.165, 1.54) is 15.6 Å². The van der Waals surface area contributed by atoms with E-state index in [1.54, 1.807) is 38.4 Å². The molecule has 2 rings (SSSR count). The lowest BCUT2D eigenvalue weighted by Gasteiger charge is -2.11. The number of nitrogens with zero attached hydrogens (tertiary/aromatic N) is 3. The summed E-state index contributed by atoms with van der Waals surface area (Å²) in [5, 5.41) is 14.0. The number of hydrogen-bond donors (Lipinski definition) is 1. The van der Waals surface area contributed by atoms with Gasteiger partial charge in [0.25, 0.3) is 0 Å². The van der Waals surface area contributed by atoms with Gasteiger partial charge in [-0.3, -0.25) is 4.57 Å². The summed E-state index contributed by atoms with van der Waals surface area (Å²) in [6.45, 7) is 0.118. The van der Waals surface area contributed by atoms with E-state index >= 15 is 0 Å². The van der Waals surface area contributed by atoms with Crippen LogP contribution in [0.5, 0.6) is 5.75 Å². The summed E-state index contributed by atoms with van der Waals surface area (Å²) < 4.78 is 7.67. The number of ether oxygens (including phenoxy) is 1. The average molecular weight is 249 g/mol. The Labute approximate surface area is 104 Å². The van der Waals surface area contributed by atoms with Gasteiger partial charge in [0.05, 0.1) is 19.8 Å². The highest BCUT2D eigenvalue weighted by molar-refractivity contribution is 5.29. The molecule has 1 unspecified atom stereocenters. The Kier molecular flexibility index (Phi) is 3.47. The minimum Gasteiger partial charge on any atom is -0.497 e. The van der Waals surface area contributed by atoms with Gasteiger partial charge in [-0.15, -0.1) is 0 Å². The molecule has 0 saturated heterocycles. The molecular formula is C12H15N3O3. The zero-order chi connectivity index (χ0) is 13.1. The second-order valence-electron chi connectivity index (χ2n) is 4.00. The lowest BCUT2D eigenvalue weighted by atomic mass is 10.1. The minimum absolute atomic E-state index is 0.118. The molecule has 0 saturated carbocycles. The number of aryl methyl sites for hydroxylation is 1. The maximum absolute atomic E-state index is 11.6. The van der Waals surface area contributed by atoms with Crippen molar-refractivity contribution in [2.75, 3.05) is 7.11 Å². The third-order valence-corrected chi connectivity index (χ3v) is 2.71. The van der Waals surface area contributed by atoms with Gasteiger partial charge in [0.1, 0.15) is 12.1 Å². The van der Waals surface area contributed by atoms with Crippen molar-refractivity contribution < 1.29 is 9.84 Å². The topological polar surface area (TPSA) is 69.3 Å². The Bertz CT molecular complexity index is 588. The zero-order valence-corrected chi connectivity index (χ0v) is 10.3. The lowest BCUT2D eigenvalue weighted by molar-refractivity contribution is 0.149. The van der Waals surface area contributed by atoms with Gasteiger partial charge in [-0.25, -0.2) is 9.48 Å². The third-order valence-electron chi connectivity index (χ3n) is 2.71. The Morgan fingerprint density at radius 2 is 2.28 bits per heavy atom. The van der Waals surface area contributed by atoms with Crippen molar-refractivity contribution in [3.05, 3.63) is 46.6 Å². The van der Waals surface area contributed by atoms with Crippen LogP contribution in [-0.2, 0) is 13.6 Å². The second-order valence-corrected chi connectivity index (χ2v) is 4.00. The fourth-order valence-corrected chi connectivity index (χ4v) is 1.66. The summed E-state index contributed by atoms with van der Waals surface area (Å²) in [5.41, 5.74) is 0.434. The molecule has 1 atom stereocenters. The Balaban J connectivity index is 2.19. The summed E-state index contributed by atoms with van der Waals surface area (Å²) >= 11 is 0. The second kappa shape index (κ2) is 5.05. The van der Waals surface area contributed by atoms with Crippen LogP contribution in [0.4, 0.5) is 0 Å². The highest BCUT2D eigenvalue weighted by atomic mass is 16.5. The molecule has 6 nitrogen and oxygen atoms in total. The Morgan fingerprint density at radius 3 is 2.89 bits per heavy atom. The van der Waals surface area contributed by atoms with Crippen LogP contribution in [0.2, 0.25) is 0 Å². The van der Waals surface area contributed by atoms with Crippen molar-refractivity contribution in [3.63, 3.8) is 0 Å². The maximum Gasteiger partial charge on any atom is 0.345 e. The van der Waals surface area contributed by atoms with E-state index in [4.69, 9.17) is 4.74 Å². The Hall–Kier alpha value is -2.08. The van der Waals surface area contributed by atoms with Crippen LogP contribution in [0.15, 0.2) is 35.4 Å². The van der Waals surface area contributed by atoms with Gasteiger partial charge in [-0.2, -0.15) is 5.10 Å². The van der Waals surface area contributed by atoms with Gasteiger partial charge >= 0.3 is 5.69 Å². The van der Waals surface area contributed by atoms with Crippen LogP contribution in [0, 0.1) is 0 Å². The molecule has 0 aliphatic heterocycles. The van der Waals surface area contributed by atoms with Crippen LogP contribution in [0.25, 0.3) is 0 Å². The number of benzene rings is 1. The van der Waals surface area contributed by atoms with Crippen molar-refractivity contribution in [1.29, 1.82) is 0 Å². The summed E-state index contributed by atoms with van der Waals surface area (Å²) in [7, 11) is 3.18. The molecule has 1 N–H and O–H groups in total. The van der Waals surface area contributed by atoms with Gasteiger partial charge in [0, 0.05) is 7.05 Å². The molecule has 1 heterocycles. The first-order valence-electron chi connectivity index (χ1n) is 5.52. The van der Waals surface area contributed by atoms with Crippen molar-refractivity contribution in [2.24, 2.45) is 7.05 Å². The van der Waals surface area contributed by atoms with Crippen LogP contribution < -0.4 is 10.4 Å². The van der Waals surface area contributed by atoms with Crippen molar-refractivity contribution in [3.8, 4) is 5.75 Å². The molecule has 0 aliphatic rings. The molecule has 96 valence electrons. The summed E-state index contributed by atoms with van der Waals surface area (Å²) in [4.78, 5) is 11.6. The SMILES string of the molecule is COc1cccc(C(O)Cn2ncn(C)c2=O)c1. The van der Waals surface area contributed by atoms with Crippen molar-refractivity contribution in [1.82, 2.24) is 14.3 Å². The molecule has 6 heteroatoms. The van der Waals surface area contributed by atoms with Crippen molar-refractivity contribution in [2.45, 2.75) is 12.6 Å². The number of aromatic nitrogens is 3. The fraction of sp³-hybridized carbons (Fsp3) is 0.333. The summed E-state index contributed by atoms with van der Waals surface area (Å²) in [5.74, 6) is 0.667. The molecule has 0 fully saturated rings.